The van der Waals surface area contributed by atoms with Crippen molar-refractivity contribution in [1.82, 2.24) is 33.6 Å². The first kappa shape index (κ1) is 56.3. The van der Waals surface area contributed by atoms with Crippen LogP contribution in [0.5, 0.6) is 0 Å². The van der Waals surface area contributed by atoms with Gasteiger partial charge in [0.1, 0.15) is 12.0 Å². The Balaban J connectivity index is -0.000000273. The summed E-state index contributed by atoms with van der Waals surface area (Å²) in [5.74, 6) is 0.953. The molecule has 2 aliphatic rings. The Morgan fingerprint density at radius 2 is 1.41 bits per heavy atom. The van der Waals surface area contributed by atoms with Crippen LogP contribution < -0.4 is 33.8 Å². The molecule has 1 unspecified atom stereocenters. The molecular formula is C31H44N12O4Y4-4. The van der Waals surface area contributed by atoms with Crippen LogP contribution in [0.2, 0.25) is 0 Å². The maximum absolute atomic E-state index is 11.2. The molecule has 0 fully saturated rings. The Hall–Kier alpha value is -1.48. The number of aromatic nitrogens is 6. The van der Waals surface area contributed by atoms with E-state index in [-0.39, 0.29) is 172 Å². The molecular weight excluding hydrogens is 960 g/mol. The molecule has 16 nitrogen and oxygen atoms in total. The van der Waals surface area contributed by atoms with Gasteiger partial charge < -0.3 is 45.9 Å². The number of rotatable bonds is 0. The number of amides is 1. The largest absolute Gasteiger partial charge is 0.474 e. The van der Waals surface area contributed by atoms with Crippen molar-refractivity contribution in [2.24, 2.45) is 10.7 Å². The molecule has 0 aliphatic carbocycles. The fraction of sp³-hybridized carbons (Fsp3) is 0.258. The second-order valence-electron chi connectivity index (χ2n) is 9.27. The Labute approximate surface area is 399 Å². The molecule has 0 bridgehead atoms. The van der Waals surface area contributed by atoms with E-state index in [1.165, 1.54) is 15.7 Å². The maximum atomic E-state index is 11.2. The molecule has 6 heterocycles. The number of Topliss-reactive ketones (excluding diaryl/α,β-unsaturated/α-hetero) is 1. The van der Waals surface area contributed by atoms with Gasteiger partial charge in [0.15, 0.2) is 11.7 Å². The monoisotopic (exact) mass is 1000 g/mol. The minimum Gasteiger partial charge on any atom is -0.474 e. The number of hydrogen-bond acceptors (Lipinski definition) is 11. The normalized spacial score (nSPS) is 13.0. The zero-order chi connectivity index (χ0) is 36.0. The fourth-order valence-electron chi connectivity index (χ4n) is 3.61. The molecule has 4 aromatic heterocycles. The first-order chi connectivity index (χ1) is 22.2. The molecule has 1 atom stereocenters. The zero-order valence-corrected chi connectivity index (χ0v) is 41.3. The van der Waals surface area contributed by atoms with Crippen LogP contribution in [0.1, 0.15) is 58.3 Å². The third-order valence-corrected chi connectivity index (χ3v) is 6.03. The summed E-state index contributed by atoms with van der Waals surface area (Å²) in [5, 5.41) is 3.47. The van der Waals surface area contributed by atoms with Gasteiger partial charge in [-0.1, -0.05) is 52.4 Å². The minimum atomic E-state index is -0.428. The number of anilines is 3. The molecule has 0 spiro atoms. The molecule has 8 N–H and O–H groups in total. The topological polar surface area (TPSA) is 230 Å². The molecule has 0 saturated heterocycles. The number of aliphatic imine (C=N–C) groups is 1. The van der Waals surface area contributed by atoms with Crippen molar-refractivity contribution in [2.45, 2.75) is 54.1 Å². The summed E-state index contributed by atoms with van der Waals surface area (Å²) >= 11 is 0. The zero-order valence-electron chi connectivity index (χ0n) is 30.0. The van der Waals surface area contributed by atoms with Crippen molar-refractivity contribution in [2.75, 3.05) is 16.8 Å². The molecule has 4 radical (unpaired) electrons. The quantitative estimate of drug-likeness (QED) is 0.128. The number of nitrogens with zero attached hydrogens (tertiary/aromatic N) is 7. The Morgan fingerprint density at radius 3 is 1.94 bits per heavy atom. The Kier molecular flexibility index (Phi) is 30.9. The van der Waals surface area contributed by atoms with E-state index < -0.39 is 5.69 Å². The Morgan fingerprint density at radius 1 is 0.843 bits per heavy atom. The van der Waals surface area contributed by atoms with E-state index >= 15 is 0 Å². The Bertz CT molecular complexity index is 1850. The number of aryl methyl sites for hydroxylation is 1. The number of nitrogens with two attached hydrogens (primary N) is 3. The molecule has 4 aromatic rings. The summed E-state index contributed by atoms with van der Waals surface area (Å²) in [4.78, 5) is 58.4. The van der Waals surface area contributed by atoms with E-state index in [2.05, 4.69) is 53.5 Å². The van der Waals surface area contributed by atoms with Crippen LogP contribution in [-0.2, 0) is 140 Å². The van der Waals surface area contributed by atoms with Gasteiger partial charge in [-0.3, -0.25) is 29.3 Å². The van der Waals surface area contributed by atoms with Crippen molar-refractivity contribution >= 4 is 46.6 Å². The van der Waals surface area contributed by atoms with Crippen LogP contribution in [-0.4, -0.2) is 51.6 Å². The standard InChI is InChI=1S/C7H7N4O.C7H9N4.C7H8NO2.C6H8N3O.2C2H6.4Y/c1-11-3-2-4-5(11)9-7(8)10-6(4)12;1-11-3-2-5-6(8)9-4-10-7(5)11;1-5-4-8(2)7(10)3-6(5)9;1-4-3-9(2)6(10)8-5(4)7;2*1-2;;;;/h2-3H,1H2,(H3,8,9,10,12);2-4,6H,1,8H2,(H,9,10);4H,2-3H2,1H3;3H,2H2,1H3,(H2,7,8,10);2*1-2H3;;;;/q4*-1;;;;;;. The number of allylic oxidation sites excluding steroid dienone is 1. The number of fused-ring (bicyclic) bond motifs is 2. The van der Waals surface area contributed by atoms with Crippen molar-refractivity contribution in [1.29, 1.82) is 0 Å². The van der Waals surface area contributed by atoms with Gasteiger partial charge in [0.05, 0.1) is 12.8 Å². The average molecular weight is 1000 g/mol. The van der Waals surface area contributed by atoms with Crippen LogP contribution in [0, 0.1) is 35.1 Å². The van der Waals surface area contributed by atoms with Crippen LogP contribution in [0.25, 0.3) is 11.0 Å². The molecule has 0 aromatic carbocycles. The van der Waals surface area contributed by atoms with Crippen molar-refractivity contribution in [3.63, 3.8) is 0 Å². The number of carbonyl (C=O) groups excluding carboxylic acids is 2. The molecule has 51 heavy (non-hydrogen) atoms. The van der Waals surface area contributed by atoms with Gasteiger partial charge in [-0.15, -0.1) is 27.2 Å². The summed E-state index contributed by atoms with van der Waals surface area (Å²) in [6.45, 7) is 11.4. The second-order valence-corrected chi connectivity index (χ2v) is 9.27. The second kappa shape index (κ2) is 28.0. The van der Waals surface area contributed by atoms with E-state index in [9.17, 15) is 19.2 Å². The smallest absolute Gasteiger partial charge is 0.248 e. The van der Waals surface area contributed by atoms with E-state index in [4.69, 9.17) is 17.2 Å². The summed E-state index contributed by atoms with van der Waals surface area (Å²) in [6, 6.07) is 3.56. The molecule has 6 rings (SSSR count). The third kappa shape index (κ3) is 17.0. The number of nitrogens with one attached hydrogen (secondary N) is 2. The molecule has 0 saturated carbocycles. The first-order valence-corrected chi connectivity index (χ1v) is 14.4. The van der Waals surface area contributed by atoms with Crippen molar-refractivity contribution in [3.8, 4) is 0 Å². The number of H-pyrrole nitrogens is 1. The van der Waals surface area contributed by atoms with E-state index in [0.29, 0.717) is 16.6 Å². The number of hydrogen-bond donors (Lipinski definition) is 5. The van der Waals surface area contributed by atoms with E-state index in [1.807, 2.05) is 40.0 Å². The predicted octanol–water partition coefficient (Wildman–Crippen LogP) is 2.78. The number of carbonyl (C=O) groups is 2. The van der Waals surface area contributed by atoms with Crippen molar-refractivity contribution < 1.29 is 140 Å². The molecule has 268 valence electrons. The van der Waals surface area contributed by atoms with E-state index in [1.54, 1.807) is 43.2 Å². The maximum Gasteiger partial charge on any atom is 0.248 e. The predicted molar refractivity (Wildman–Crippen MR) is 186 cm³/mol. The van der Waals surface area contributed by atoms with Gasteiger partial charge in [-0.05, 0) is 31.2 Å². The van der Waals surface area contributed by atoms with Crippen molar-refractivity contribution in [3.05, 3.63) is 103 Å². The van der Waals surface area contributed by atoms with Gasteiger partial charge in [0, 0.05) is 153 Å². The van der Waals surface area contributed by atoms with Gasteiger partial charge >= 0.3 is 0 Å². The fourth-order valence-corrected chi connectivity index (χ4v) is 3.61. The number of aromatic amines is 1. The first-order valence-electron chi connectivity index (χ1n) is 14.4. The third-order valence-electron chi connectivity index (χ3n) is 6.03. The van der Waals surface area contributed by atoms with Gasteiger partial charge in [0.2, 0.25) is 17.2 Å². The van der Waals surface area contributed by atoms with Gasteiger partial charge in [-0.25, -0.2) is 12.0 Å². The number of ketones is 1. The van der Waals surface area contributed by atoms with Crippen LogP contribution in [0.15, 0.2) is 57.1 Å². The van der Waals surface area contributed by atoms with E-state index in [0.717, 1.165) is 21.5 Å². The summed E-state index contributed by atoms with van der Waals surface area (Å²) in [7, 11) is 14.2. The van der Waals surface area contributed by atoms with Crippen LogP contribution >= 0.6 is 0 Å². The SMILES string of the molecule is CC.CC.[CH2-]N1C=C(C)C(=O)CC1=O.[CH2-]n1cc(C)c(N)nc1=O.[CH2-]n1ccc2c(=O)[nH]c(N)nc21.[CH2-]n1ccc2c1NC=NC2N.[Y].[Y].[Y].[Y]. The van der Waals surface area contributed by atoms with Gasteiger partial charge in [0.25, 0.3) is 0 Å². The minimum absolute atomic E-state index is 0. The number of nitrogen functional groups attached to an aromatic ring is 2. The molecule has 1 amide bonds. The average Bonchev–Trinajstić information content (AvgIpc) is 3.61. The van der Waals surface area contributed by atoms with Crippen LogP contribution in [0.3, 0.4) is 0 Å². The van der Waals surface area contributed by atoms with Crippen LogP contribution in [0.4, 0.5) is 17.6 Å². The molecule has 20 heteroatoms. The summed E-state index contributed by atoms with van der Waals surface area (Å²) in [6.07, 6.45) is 7.83. The van der Waals surface area contributed by atoms with Gasteiger partial charge in [-0.2, -0.15) is 0 Å². The summed E-state index contributed by atoms with van der Waals surface area (Å²) < 4.78 is 4.38. The molecule has 2 aliphatic heterocycles. The summed E-state index contributed by atoms with van der Waals surface area (Å²) in [5.41, 5.74) is 18.5.